The van der Waals surface area contributed by atoms with Crippen LogP contribution in [-0.4, -0.2) is 30.6 Å². The zero-order valence-corrected chi connectivity index (χ0v) is 12.5. The van der Waals surface area contributed by atoms with Crippen molar-refractivity contribution in [1.82, 2.24) is 4.90 Å². The number of rotatable bonds is 2. The van der Waals surface area contributed by atoms with Crippen LogP contribution in [0.1, 0.15) is 18.4 Å². The van der Waals surface area contributed by atoms with Crippen molar-refractivity contribution < 1.29 is 18.0 Å². The molecule has 1 aromatic carbocycles. The number of carbonyl (C=O) groups is 1. The van der Waals surface area contributed by atoms with Crippen LogP contribution in [0.25, 0.3) is 0 Å². The van der Waals surface area contributed by atoms with Crippen LogP contribution in [0.5, 0.6) is 0 Å². The predicted molar refractivity (Wildman–Crippen MR) is 78.8 cm³/mol. The molecular formula is C14H17ClF3N3O. The van der Waals surface area contributed by atoms with E-state index in [1.54, 1.807) is 4.90 Å². The summed E-state index contributed by atoms with van der Waals surface area (Å²) in [7, 11) is 0. The molecule has 0 aromatic heterocycles. The first-order chi connectivity index (χ1) is 10.3. The standard InChI is InChI=1S/C14H17ClF3N3O/c15-12-4-3-10(6-11(12)14(16,17)18)20-13(22)21-5-1-2-9(7-19)8-21/h3-4,6,9H,1-2,5,7-8,19H2,(H,20,22). The smallest absolute Gasteiger partial charge is 0.330 e. The van der Waals surface area contributed by atoms with Gasteiger partial charge in [-0.05, 0) is 43.5 Å². The lowest BCUT2D eigenvalue weighted by atomic mass is 9.99. The minimum atomic E-state index is -4.56. The zero-order valence-electron chi connectivity index (χ0n) is 11.8. The van der Waals surface area contributed by atoms with Crippen LogP contribution in [0.2, 0.25) is 5.02 Å². The Morgan fingerprint density at radius 1 is 1.45 bits per heavy atom. The Kier molecular flexibility index (Phi) is 5.18. The van der Waals surface area contributed by atoms with Gasteiger partial charge in [0.1, 0.15) is 0 Å². The van der Waals surface area contributed by atoms with E-state index in [9.17, 15) is 18.0 Å². The molecule has 1 atom stereocenters. The van der Waals surface area contributed by atoms with E-state index in [-0.39, 0.29) is 11.6 Å². The van der Waals surface area contributed by atoms with Crippen LogP contribution in [0.4, 0.5) is 23.7 Å². The lowest BCUT2D eigenvalue weighted by molar-refractivity contribution is -0.137. The van der Waals surface area contributed by atoms with Gasteiger partial charge < -0.3 is 16.0 Å². The maximum atomic E-state index is 12.8. The Labute approximate surface area is 131 Å². The van der Waals surface area contributed by atoms with Gasteiger partial charge in [0.15, 0.2) is 0 Å². The summed E-state index contributed by atoms with van der Waals surface area (Å²) in [4.78, 5) is 13.7. The summed E-state index contributed by atoms with van der Waals surface area (Å²) >= 11 is 5.55. The second-order valence-corrected chi connectivity index (χ2v) is 5.72. The van der Waals surface area contributed by atoms with E-state index in [0.29, 0.717) is 19.6 Å². The number of halogens is 4. The Balaban J connectivity index is 2.09. The molecule has 3 N–H and O–H groups in total. The van der Waals surface area contributed by atoms with Crippen molar-refractivity contribution >= 4 is 23.3 Å². The first kappa shape index (κ1) is 16.9. The van der Waals surface area contributed by atoms with Gasteiger partial charge >= 0.3 is 12.2 Å². The molecule has 1 heterocycles. The number of hydrogen-bond donors (Lipinski definition) is 2. The maximum absolute atomic E-state index is 12.8. The molecule has 1 unspecified atom stereocenters. The Morgan fingerprint density at radius 3 is 2.82 bits per heavy atom. The third-order valence-corrected chi connectivity index (χ3v) is 3.99. The molecule has 0 spiro atoms. The quantitative estimate of drug-likeness (QED) is 0.868. The highest BCUT2D eigenvalue weighted by atomic mass is 35.5. The van der Waals surface area contributed by atoms with Crippen molar-refractivity contribution in [3.63, 3.8) is 0 Å². The molecule has 0 bridgehead atoms. The number of nitrogens with zero attached hydrogens (tertiary/aromatic N) is 1. The van der Waals surface area contributed by atoms with Crippen LogP contribution in [0, 0.1) is 5.92 Å². The van der Waals surface area contributed by atoms with Gasteiger partial charge in [-0.15, -0.1) is 0 Å². The van der Waals surface area contributed by atoms with Gasteiger partial charge in [-0.3, -0.25) is 0 Å². The third-order valence-electron chi connectivity index (χ3n) is 3.66. The number of benzene rings is 1. The van der Waals surface area contributed by atoms with Crippen molar-refractivity contribution in [2.24, 2.45) is 11.7 Å². The molecular weight excluding hydrogens is 319 g/mol. The van der Waals surface area contributed by atoms with Gasteiger partial charge in [-0.2, -0.15) is 13.2 Å². The Hall–Kier alpha value is -1.47. The summed E-state index contributed by atoms with van der Waals surface area (Å²) in [6.45, 7) is 1.58. The van der Waals surface area contributed by atoms with Gasteiger partial charge in [-0.1, -0.05) is 11.6 Å². The van der Waals surface area contributed by atoms with E-state index in [4.69, 9.17) is 17.3 Å². The van der Waals surface area contributed by atoms with Gasteiger partial charge in [0.2, 0.25) is 0 Å². The average molecular weight is 336 g/mol. The van der Waals surface area contributed by atoms with Crippen molar-refractivity contribution in [2.45, 2.75) is 19.0 Å². The van der Waals surface area contributed by atoms with Gasteiger partial charge in [0.25, 0.3) is 0 Å². The molecule has 1 aliphatic rings. The van der Waals surface area contributed by atoms with Crippen LogP contribution in [-0.2, 0) is 6.18 Å². The lowest BCUT2D eigenvalue weighted by Crippen LogP contribution is -2.44. The zero-order chi connectivity index (χ0) is 16.3. The number of hydrogen-bond acceptors (Lipinski definition) is 2. The molecule has 8 heteroatoms. The van der Waals surface area contributed by atoms with Crippen molar-refractivity contribution in [3.8, 4) is 0 Å². The summed E-state index contributed by atoms with van der Waals surface area (Å²) in [5.41, 5.74) is 4.70. The fraction of sp³-hybridized carbons (Fsp3) is 0.500. The Bertz CT molecular complexity index is 551. The van der Waals surface area contributed by atoms with E-state index in [1.165, 1.54) is 6.07 Å². The van der Waals surface area contributed by atoms with Crippen LogP contribution in [0.3, 0.4) is 0 Å². The van der Waals surface area contributed by atoms with Crippen molar-refractivity contribution in [2.75, 3.05) is 25.0 Å². The first-order valence-electron chi connectivity index (χ1n) is 6.94. The van der Waals surface area contributed by atoms with Gasteiger partial charge in [0.05, 0.1) is 10.6 Å². The van der Waals surface area contributed by atoms with Crippen molar-refractivity contribution in [3.05, 3.63) is 28.8 Å². The largest absolute Gasteiger partial charge is 0.417 e. The average Bonchev–Trinajstić information content (AvgIpc) is 2.48. The molecule has 122 valence electrons. The number of piperidine rings is 1. The number of likely N-dealkylation sites (tertiary alicyclic amines) is 1. The second kappa shape index (κ2) is 6.75. The maximum Gasteiger partial charge on any atom is 0.417 e. The summed E-state index contributed by atoms with van der Waals surface area (Å²) in [5.74, 6) is 0.232. The molecule has 1 saturated heterocycles. The number of anilines is 1. The van der Waals surface area contributed by atoms with Crippen LogP contribution < -0.4 is 11.1 Å². The first-order valence-corrected chi connectivity index (χ1v) is 7.32. The normalized spacial score (nSPS) is 19.1. The minimum absolute atomic E-state index is 0.0663. The SMILES string of the molecule is NCC1CCCN(C(=O)Nc2ccc(Cl)c(C(F)(F)F)c2)C1. The molecule has 0 radical (unpaired) electrons. The van der Waals surface area contributed by atoms with E-state index in [2.05, 4.69) is 5.32 Å². The van der Waals surface area contributed by atoms with Crippen LogP contribution >= 0.6 is 11.6 Å². The molecule has 1 fully saturated rings. The summed E-state index contributed by atoms with van der Waals surface area (Å²) in [5, 5.41) is 2.09. The molecule has 2 amide bonds. The van der Waals surface area contributed by atoms with Crippen molar-refractivity contribution in [1.29, 1.82) is 0 Å². The summed E-state index contributed by atoms with van der Waals surface area (Å²) in [6.07, 6.45) is -2.77. The second-order valence-electron chi connectivity index (χ2n) is 5.31. The highest BCUT2D eigenvalue weighted by Gasteiger charge is 2.33. The molecule has 22 heavy (non-hydrogen) atoms. The summed E-state index contributed by atoms with van der Waals surface area (Å²) in [6, 6.07) is 2.89. The molecule has 0 aliphatic carbocycles. The minimum Gasteiger partial charge on any atom is -0.330 e. The van der Waals surface area contributed by atoms with Gasteiger partial charge in [0, 0.05) is 18.8 Å². The van der Waals surface area contributed by atoms with E-state index in [1.807, 2.05) is 0 Å². The molecule has 1 aliphatic heterocycles. The number of urea groups is 1. The number of carbonyl (C=O) groups excluding carboxylic acids is 1. The van der Waals surface area contributed by atoms with Gasteiger partial charge in [-0.25, -0.2) is 4.79 Å². The number of nitrogens with two attached hydrogens (primary N) is 1. The monoisotopic (exact) mass is 335 g/mol. The van der Waals surface area contributed by atoms with Crippen LogP contribution in [0.15, 0.2) is 18.2 Å². The predicted octanol–water partition coefficient (Wildman–Crippen LogP) is 3.56. The number of nitrogens with one attached hydrogen (secondary N) is 1. The fourth-order valence-electron chi connectivity index (χ4n) is 2.46. The Morgan fingerprint density at radius 2 is 2.18 bits per heavy atom. The molecule has 4 nitrogen and oxygen atoms in total. The highest BCUT2D eigenvalue weighted by molar-refractivity contribution is 6.31. The third kappa shape index (κ3) is 4.04. The molecule has 0 saturated carbocycles. The number of amides is 2. The van der Waals surface area contributed by atoms with E-state index >= 15 is 0 Å². The lowest BCUT2D eigenvalue weighted by Gasteiger charge is -2.32. The molecule has 1 aromatic rings. The number of alkyl halides is 3. The molecule has 2 rings (SSSR count). The topological polar surface area (TPSA) is 58.4 Å². The van der Waals surface area contributed by atoms with E-state index in [0.717, 1.165) is 25.0 Å². The highest BCUT2D eigenvalue weighted by Crippen LogP contribution is 2.36. The van der Waals surface area contributed by atoms with E-state index < -0.39 is 22.8 Å². The summed E-state index contributed by atoms with van der Waals surface area (Å²) < 4.78 is 38.4. The fourth-order valence-corrected chi connectivity index (χ4v) is 2.69.